The van der Waals surface area contributed by atoms with Crippen molar-refractivity contribution >= 4 is 26.8 Å². The first kappa shape index (κ1) is 12.0. The van der Waals surface area contributed by atoms with E-state index in [1.165, 1.54) is 6.07 Å². The highest BCUT2D eigenvalue weighted by molar-refractivity contribution is 9.10. The number of hydrogen-bond acceptors (Lipinski definition) is 2. The molecule has 0 saturated carbocycles. The van der Waals surface area contributed by atoms with Crippen LogP contribution < -0.4 is 5.56 Å². The Kier molecular flexibility index (Phi) is 2.87. The lowest BCUT2D eigenvalue weighted by Gasteiger charge is -2.10. The predicted octanol–water partition coefficient (Wildman–Crippen LogP) is 3.46. The van der Waals surface area contributed by atoms with Gasteiger partial charge in [-0.3, -0.25) is 9.36 Å². The standard InChI is InChI=1S/C15H10BrNO2/c16-11-3-5-12(6-4-11)17-14-9-13(18)7-1-10(14)2-8-15(17)19/h1-9,18H. The number of rotatable bonds is 1. The van der Waals surface area contributed by atoms with Crippen LogP contribution in [0.4, 0.5) is 0 Å². The van der Waals surface area contributed by atoms with Crippen LogP contribution in [0.25, 0.3) is 16.6 Å². The summed E-state index contributed by atoms with van der Waals surface area (Å²) in [4.78, 5) is 12.1. The maximum absolute atomic E-state index is 12.1. The van der Waals surface area contributed by atoms with E-state index in [-0.39, 0.29) is 11.3 Å². The Morgan fingerprint density at radius 1 is 0.947 bits per heavy atom. The maximum Gasteiger partial charge on any atom is 0.255 e. The number of aromatic hydroxyl groups is 1. The SMILES string of the molecule is O=c1ccc2ccc(O)cc2n1-c1ccc(Br)cc1. The second kappa shape index (κ2) is 4.55. The van der Waals surface area contributed by atoms with Crippen molar-refractivity contribution in [1.29, 1.82) is 0 Å². The molecule has 3 aromatic rings. The zero-order valence-corrected chi connectivity index (χ0v) is 11.5. The molecule has 3 rings (SSSR count). The Morgan fingerprint density at radius 3 is 2.37 bits per heavy atom. The fraction of sp³-hybridized carbons (Fsp3) is 0. The second-order valence-electron chi connectivity index (χ2n) is 4.23. The number of phenolic OH excluding ortho intramolecular Hbond substituents is 1. The molecule has 0 fully saturated rings. The Balaban J connectivity index is 2.38. The molecular weight excluding hydrogens is 306 g/mol. The summed E-state index contributed by atoms with van der Waals surface area (Å²) in [5.74, 6) is 0.143. The largest absolute Gasteiger partial charge is 0.508 e. The number of aromatic nitrogens is 1. The monoisotopic (exact) mass is 315 g/mol. The molecule has 0 atom stereocenters. The summed E-state index contributed by atoms with van der Waals surface area (Å²) >= 11 is 3.37. The van der Waals surface area contributed by atoms with E-state index < -0.39 is 0 Å². The van der Waals surface area contributed by atoms with Gasteiger partial charge in [-0.1, -0.05) is 15.9 Å². The average Bonchev–Trinajstić information content (AvgIpc) is 2.40. The van der Waals surface area contributed by atoms with E-state index in [2.05, 4.69) is 15.9 Å². The minimum Gasteiger partial charge on any atom is -0.508 e. The van der Waals surface area contributed by atoms with Crippen LogP contribution in [0, 0.1) is 0 Å². The Hall–Kier alpha value is -2.07. The summed E-state index contributed by atoms with van der Waals surface area (Å²) in [5.41, 5.74) is 1.33. The first-order valence-electron chi connectivity index (χ1n) is 5.76. The van der Waals surface area contributed by atoms with E-state index in [1.54, 1.807) is 28.8 Å². The molecule has 2 aromatic carbocycles. The van der Waals surface area contributed by atoms with Gasteiger partial charge in [-0.2, -0.15) is 0 Å². The summed E-state index contributed by atoms with van der Waals surface area (Å²) in [5, 5.41) is 10.5. The van der Waals surface area contributed by atoms with Gasteiger partial charge in [0.25, 0.3) is 5.56 Å². The molecule has 1 heterocycles. The molecule has 1 N–H and O–H groups in total. The number of halogens is 1. The number of fused-ring (bicyclic) bond motifs is 1. The van der Waals surface area contributed by atoms with Crippen molar-refractivity contribution in [3.05, 3.63) is 69.4 Å². The number of hydrogen-bond donors (Lipinski definition) is 1. The summed E-state index contributed by atoms with van der Waals surface area (Å²) in [6.45, 7) is 0. The van der Waals surface area contributed by atoms with E-state index in [0.717, 1.165) is 15.5 Å². The van der Waals surface area contributed by atoms with Gasteiger partial charge >= 0.3 is 0 Å². The molecule has 0 bridgehead atoms. The molecular formula is C15H10BrNO2. The molecule has 94 valence electrons. The van der Waals surface area contributed by atoms with Crippen molar-refractivity contribution in [3.8, 4) is 11.4 Å². The van der Waals surface area contributed by atoms with Crippen molar-refractivity contribution in [2.45, 2.75) is 0 Å². The molecule has 19 heavy (non-hydrogen) atoms. The minimum atomic E-state index is -0.125. The Bertz CT molecular complexity index is 806. The van der Waals surface area contributed by atoms with Crippen LogP contribution in [0.5, 0.6) is 5.75 Å². The minimum absolute atomic E-state index is 0.125. The molecule has 3 nitrogen and oxygen atoms in total. The maximum atomic E-state index is 12.1. The van der Waals surface area contributed by atoms with Gasteiger partial charge < -0.3 is 5.11 Å². The second-order valence-corrected chi connectivity index (χ2v) is 5.14. The first-order chi connectivity index (χ1) is 9.15. The van der Waals surface area contributed by atoms with E-state index in [9.17, 15) is 9.90 Å². The van der Waals surface area contributed by atoms with E-state index >= 15 is 0 Å². The number of benzene rings is 2. The lowest BCUT2D eigenvalue weighted by Crippen LogP contribution is -2.17. The fourth-order valence-corrected chi connectivity index (χ4v) is 2.34. The summed E-state index contributed by atoms with van der Waals surface area (Å²) < 4.78 is 2.54. The predicted molar refractivity (Wildman–Crippen MR) is 78.9 cm³/mol. The molecule has 0 radical (unpaired) electrons. The zero-order chi connectivity index (χ0) is 13.4. The number of nitrogens with zero attached hydrogens (tertiary/aromatic N) is 1. The normalized spacial score (nSPS) is 10.8. The number of phenols is 1. The highest BCUT2D eigenvalue weighted by atomic mass is 79.9. The topological polar surface area (TPSA) is 42.2 Å². The average molecular weight is 316 g/mol. The lowest BCUT2D eigenvalue weighted by atomic mass is 10.2. The summed E-state index contributed by atoms with van der Waals surface area (Å²) in [7, 11) is 0. The van der Waals surface area contributed by atoms with E-state index in [4.69, 9.17) is 0 Å². The van der Waals surface area contributed by atoms with Gasteiger partial charge in [0.2, 0.25) is 0 Å². The van der Waals surface area contributed by atoms with E-state index in [1.807, 2.05) is 24.3 Å². The number of pyridine rings is 1. The van der Waals surface area contributed by atoms with Crippen molar-refractivity contribution in [2.75, 3.05) is 0 Å². The molecule has 0 aliphatic rings. The highest BCUT2D eigenvalue weighted by Crippen LogP contribution is 2.22. The summed E-state index contributed by atoms with van der Waals surface area (Å²) in [6, 6.07) is 15.8. The van der Waals surface area contributed by atoms with Crippen molar-refractivity contribution in [2.24, 2.45) is 0 Å². The van der Waals surface area contributed by atoms with Gasteiger partial charge in [0.05, 0.1) is 5.52 Å². The third kappa shape index (κ3) is 2.15. The van der Waals surface area contributed by atoms with Crippen molar-refractivity contribution in [1.82, 2.24) is 4.57 Å². The van der Waals surface area contributed by atoms with Crippen LogP contribution in [0.3, 0.4) is 0 Å². The van der Waals surface area contributed by atoms with Crippen LogP contribution in [0.1, 0.15) is 0 Å². The van der Waals surface area contributed by atoms with Gasteiger partial charge in [0.15, 0.2) is 0 Å². The molecule has 0 aliphatic carbocycles. The van der Waals surface area contributed by atoms with Crippen LogP contribution in [-0.2, 0) is 0 Å². The van der Waals surface area contributed by atoms with Crippen molar-refractivity contribution in [3.63, 3.8) is 0 Å². The molecule has 0 spiro atoms. The molecule has 4 heteroatoms. The van der Waals surface area contributed by atoms with Gasteiger partial charge in [-0.25, -0.2) is 0 Å². The molecule has 1 aromatic heterocycles. The first-order valence-corrected chi connectivity index (χ1v) is 6.55. The quantitative estimate of drug-likeness (QED) is 0.747. The Morgan fingerprint density at radius 2 is 1.63 bits per heavy atom. The highest BCUT2D eigenvalue weighted by Gasteiger charge is 2.06. The molecule has 0 saturated heterocycles. The fourth-order valence-electron chi connectivity index (χ4n) is 2.08. The molecule has 0 amide bonds. The van der Waals surface area contributed by atoms with E-state index in [0.29, 0.717) is 5.52 Å². The van der Waals surface area contributed by atoms with Gasteiger partial charge in [0, 0.05) is 22.3 Å². The van der Waals surface area contributed by atoms with Crippen LogP contribution in [-0.4, -0.2) is 9.67 Å². The van der Waals surface area contributed by atoms with Gasteiger partial charge in [-0.05, 0) is 47.9 Å². The Labute approximate surface area is 117 Å². The third-order valence-electron chi connectivity index (χ3n) is 2.97. The van der Waals surface area contributed by atoms with Crippen LogP contribution in [0.2, 0.25) is 0 Å². The zero-order valence-electron chi connectivity index (χ0n) is 9.88. The molecule has 0 aliphatic heterocycles. The smallest absolute Gasteiger partial charge is 0.255 e. The van der Waals surface area contributed by atoms with Crippen molar-refractivity contribution < 1.29 is 5.11 Å². The van der Waals surface area contributed by atoms with Gasteiger partial charge in [0.1, 0.15) is 5.75 Å². The third-order valence-corrected chi connectivity index (χ3v) is 3.49. The summed E-state index contributed by atoms with van der Waals surface area (Å²) in [6.07, 6.45) is 0. The molecule has 0 unspecified atom stereocenters. The van der Waals surface area contributed by atoms with Crippen LogP contribution in [0.15, 0.2) is 63.9 Å². The lowest BCUT2D eigenvalue weighted by molar-refractivity contribution is 0.476. The van der Waals surface area contributed by atoms with Gasteiger partial charge in [-0.15, -0.1) is 0 Å². The van der Waals surface area contributed by atoms with Crippen LogP contribution >= 0.6 is 15.9 Å².